The number of hydrogen-bond donors (Lipinski definition) is 1. The Balaban J connectivity index is 1.61. The predicted molar refractivity (Wildman–Crippen MR) is 162 cm³/mol. The quantitative estimate of drug-likeness (QED) is 0.189. The summed E-state index contributed by atoms with van der Waals surface area (Å²) >= 11 is 2.09. The molecule has 3 aromatic rings. The molecule has 1 fully saturated rings. The van der Waals surface area contributed by atoms with E-state index in [9.17, 15) is 18.0 Å². The number of amides is 1. The van der Waals surface area contributed by atoms with E-state index < -0.39 is 17.6 Å². The third-order valence-corrected chi connectivity index (χ3v) is 7.42. The Morgan fingerprint density at radius 2 is 1.80 bits per heavy atom. The van der Waals surface area contributed by atoms with E-state index in [1.54, 1.807) is 6.92 Å². The van der Waals surface area contributed by atoms with Crippen molar-refractivity contribution < 1.29 is 27.4 Å². The largest absolute Gasteiger partial charge is 0.494 e. The van der Waals surface area contributed by atoms with Crippen LogP contribution in [0.5, 0.6) is 11.5 Å². The molecule has 0 radical (unpaired) electrons. The molecule has 2 heterocycles. The number of alkyl halides is 3. The van der Waals surface area contributed by atoms with E-state index in [-0.39, 0.29) is 30.5 Å². The third kappa shape index (κ3) is 7.06. The smallest absolute Gasteiger partial charge is 0.417 e. The first-order valence-corrected chi connectivity index (χ1v) is 14.7. The fourth-order valence-electron chi connectivity index (χ4n) is 5.14. The minimum Gasteiger partial charge on any atom is -0.494 e. The van der Waals surface area contributed by atoms with Crippen molar-refractivity contribution in [2.75, 3.05) is 37.7 Å². The summed E-state index contributed by atoms with van der Waals surface area (Å²) in [7, 11) is 0. The lowest BCUT2D eigenvalue weighted by molar-refractivity contribution is -0.138. The number of piperazine rings is 1. The molecule has 2 aromatic carbocycles. The van der Waals surface area contributed by atoms with Crippen LogP contribution in [0.4, 0.5) is 18.9 Å². The van der Waals surface area contributed by atoms with E-state index in [1.165, 1.54) is 17.0 Å². The van der Waals surface area contributed by atoms with Crippen molar-refractivity contribution in [3.05, 3.63) is 71.4 Å². The van der Waals surface area contributed by atoms with Gasteiger partial charge in [-0.3, -0.25) is 8.32 Å². The number of carbonyl (C=O) groups excluding carboxylic acids is 1. The number of rotatable bonds is 10. The minimum absolute atomic E-state index is 0.0869. The van der Waals surface area contributed by atoms with Crippen LogP contribution in [-0.2, 0) is 12.7 Å². The van der Waals surface area contributed by atoms with Crippen LogP contribution in [0.15, 0.2) is 54.6 Å². The van der Waals surface area contributed by atoms with Crippen LogP contribution < -0.4 is 17.9 Å². The first kappa shape index (κ1) is 30.9. The van der Waals surface area contributed by atoms with E-state index in [1.807, 2.05) is 50.2 Å². The number of para-hydroxylation sites is 1. The Kier molecular flexibility index (Phi) is 10.3. The molecule has 0 bridgehead atoms. The number of nitrogens with zero attached hydrogens (tertiary/aromatic N) is 3. The van der Waals surface area contributed by atoms with Crippen LogP contribution in [0.2, 0.25) is 0 Å². The summed E-state index contributed by atoms with van der Waals surface area (Å²) in [6, 6.07) is 15.2. The second-order valence-electron chi connectivity index (χ2n) is 9.55. The number of anilines is 1. The zero-order chi connectivity index (χ0) is 29.6. The fraction of sp³-hybridized carbons (Fsp3) is 0.400. The molecule has 1 aliphatic heterocycles. The van der Waals surface area contributed by atoms with Gasteiger partial charge in [0.2, 0.25) is 0 Å². The molecule has 1 saturated heterocycles. The summed E-state index contributed by atoms with van der Waals surface area (Å²) in [6.45, 7) is 7.98. The van der Waals surface area contributed by atoms with Gasteiger partial charge in [-0.25, -0.2) is 4.98 Å². The van der Waals surface area contributed by atoms with Crippen molar-refractivity contribution >= 4 is 34.5 Å². The second kappa shape index (κ2) is 13.7. The molecule has 0 unspecified atom stereocenters. The lowest BCUT2D eigenvalue weighted by Crippen LogP contribution is -2.55. The van der Waals surface area contributed by atoms with Gasteiger partial charge in [-0.2, -0.15) is 13.2 Å². The van der Waals surface area contributed by atoms with Gasteiger partial charge in [-0.1, -0.05) is 19.1 Å². The van der Waals surface area contributed by atoms with Crippen LogP contribution in [-0.4, -0.2) is 54.7 Å². The first-order chi connectivity index (χ1) is 19.7. The van der Waals surface area contributed by atoms with Crippen LogP contribution in [0.3, 0.4) is 0 Å². The number of nitrogens with one attached hydrogen (secondary N) is 1. The normalized spacial score (nSPS) is 15.6. The average Bonchev–Trinajstić information content (AvgIpc) is 2.97. The van der Waals surface area contributed by atoms with Gasteiger partial charge in [0.1, 0.15) is 11.5 Å². The molecule has 1 aromatic heterocycles. The minimum atomic E-state index is -4.68. The molecule has 0 saturated carbocycles. The SMILES string of the molecule is CCOc1ccc(C(=O)N2CCN(c3ccc(-c4ccccc4OCC)nc3CNI)[C@H](CC)C2)c(C(F)(F)F)c1. The molecule has 4 rings (SSSR count). The highest BCUT2D eigenvalue weighted by molar-refractivity contribution is 14.1. The van der Waals surface area contributed by atoms with Crippen molar-refractivity contribution in [2.24, 2.45) is 0 Å². The van der Waals surface area contributed by atoms with E-state index in [2.05, 4.69) is 31.3 Å². The van der Waals surface area contributed by atoms with Gasteiger partial charge >= 0.3 is 6.18 Å². The van der Waals surface area contributed by atoms with E-state index in [0.29, 0.717) is 32.7 Å². The Bertz CT molecular complexity index is 1350. The maximum Gasteiger partial charge on any atom is 0.417 e. The Morgan fingerprint density at radius 1 is 1.05 bits per heavy atom. The summed E-state index contributed by atoms with van der Waals surface area (Å²) in [5.74, 6) is 0.215. The number of carbonyl (C=O) groups is 1. The zero-order valence-electron chi connectivity index (χ0n) is 23.3. The van der Waals surface area contributed by atoms with Crippen LogP contribution in [0.1, 0.15) is 48.8 Å². The first-order valence-electron chi connectivity index (χ1n) is 13.7. The highest BCUT2D eigenvalue weighted by Gasteiger charge is 2.38. The molecule has 1 amide bonds. The Hall–Kier alpha value is -3.06. The van der Waals surface area contributed by atoms with Gasteiger partial charge in [0.05, 0.1) is 41.4 Å². The molecule has 1 aliphatic rings. The van der Waals surface area contributed by atoms with Crippen molar-refractivity contribution in [3.8, 4) is 22.8 Å². The number of ether oxygens (including phenoxy) is 2. The molecular formula is C30H34F3IN4O3. The third-order valence-electron chi connectivity index (χ3n) is 7.04. The summed E-state index contributed by atoms with van der Waals surface area (Å²) in [6.07, 6.45) is -3.98. The van der Waals surface area contributed by atoms with Gasteiger partial charge in [-0.15, -0.1) is 0 Å². The fourth-order valence-corrected chi connectivity index (χ4v) is 5.50. The summed E-state index contributed by atoms with van der Waals surface area (Å²) < 4.78 is 55.9. The van der Waals surface area contributed by atoms with Gasteiger partial charge < -0.3 is 19.3 Å². The lowest BCUT2D eigenvalue weighted by atomic mass is 10.0. The lowest BCUT2D eigenvalue weighted by Gasteiger charge is -2.43. The molecule has 1 atom stereocenters. The molecule has 1 N–H and O–H groups in total. The van der Waals surface area contributed by atoms with E-state index in [4.69, 9.17) is 14.5 Å². The maximum atomic E-state index is 13.9. The number of aromatic nitrogens is 1. The number of pyridine rings is 1. The predicted octanol–water partition coefficient (Wildman–Crippen LogP) is 6.75. The van der Waals surface area contributed by atoms with Crippen molar-refractivity contribution in [1.82, 2.24) is 13.4 Å². The zero-order valence-corrected chi connectivity index (χ0v) is 25.5. The van der Waals surface area contributed by atoms with Gasteiger partial charge in [0.25, 0.3) is 5.91 Å². The summed E-state index contributed by atoms with van der Waals surface area (Å²) in [5, 5.41) is 0. The topological polar surface area (TPSA) is 66.9 Å². The summed E-state index contributed by atoms with van der Waals surface area (Å²) in [4.78, 5) is 22.1. The molecule has 11 heteroatoms. The highest BCUT2D eigenvalue weighted by Crippen LogP contribution is 2.36. The van der Waals surface area contributed by atoms with E-state index in [0.717, 1.165) is 34.5 Å². The van der Waals surface area contributed by atoms with Crippen molar-refractivity contribution in [1.29, 1.82) is 0 Å². The van der Waals surface area contributed by atoms with Crippen LogP contribution >= 0.6 is 22.9 Å². The Labute approximate surface area is 252 Å². The molecule has 220 valence electrons. The van der Waals surface area contributed by atoms with E-state index >= 15 is 0 Å². The molecule has 7 nitrogen and oxygen atoms in total. The Morgan fingerprint density at radius 3 is 2.49 bits per heavy atom. The number of halogens is 4. The average molecular weight is 683 g/mol. The molecule has 0 aliphatic carbocycles. The molecular weight excluding hydrogens is 648 g/mol. The van der Waals surface area contributed by atoms with Crippen LogP contribution in [0.25, 0.3) is 11.3 Å². The monoisotopic (exact) mass is 682 g/mol. The molecule has 41 heavy (non-hydrogen) atoms. The van der Waals surface area contributed by atoms with Gasteiger partial charge in [0.15, 0.2) is 0 Å². The standard InChI is InChI=1S/C30H34F3IN4O3/c1-4-20-19-37(29(39)22-12-11-21(40-5-2)17-24(22)30(31,32)33)15-16-38(20)27-14-13-25(36-26(27)18-35-34)23-9-7-8-10-28(23)41-6-3/h7-14,17,20,35H,4-6,15-16,18-19H2,1-3H3/t20-/m1/s1. The van der Waals surface area contributed by atoms with Crippen molar-refractivity contribution in [2.45, 2.75) is 46.0 Å². The second-order valence-corrected chi connectivity index (χ2v) is 10.3. The van der Waals surface area contributed by atoms with Crippen molar-refractivity contribution in [3.63, 3.8) is 0 Å². The molecule has 0 spiro atoms. The summed E-state index contributed by atoms with van der Waals surface area (Å²) in [5.41, 5.74) is 2.12. The number of hydrogen-bond acceptors (Lipinski definition) is 6. The maximum absolute atomic E-state index is 13.9. The van der Waals surface area contributed by atoms with Gasteiger partial charge in [0, 0.05) is 60.6 Å². The number of benzene rings is 2. The van der Waals surface area contributed by atoms with Crippen LogP contribution in [0, 0.1) is 0 Å². The van der Waals surface area contributed by atoms with Gasteiger partial charge in [-0.05, 0) is 62.7 Å². The highest BCUT2D eigenvalue weighted by atomic mass is 127.